The fraction of sp³-hybridized carbons (Fsp3) is 0.200. The van der Waals surface area contributed by atoms with E-state index in [9.17, 15) is 0 Å². The number of benzene rings is 1. The molecule has 0 aliphatic heterocycles. The number of aliphatic hydroxyl groups is 1. The summed E-state index contributed by atoms with van der Waals surface area (Å²) < 4.78 is 5.37. The second kappa shape index (κ2) is 2.64. The molecule has 2 rings (SSSR count). The summed E-state index contributed by atoms with van der Waals surface area (Å²) in [5.74, 6) is 0.872. The molecule has 1 radical (unpaired) electrons. The predicted octanol–water partition coefficient (Wildman–Crippen LogP) is 2.03. The highest BCUT2D eigenvalue weighted by molar-refractivity contribution is 5.77. The van der Waals surface area contributed by atoms with Crippen LogP contribution in [0.3, 0.4) is 0 Å². The van der Waals surface area contributed by atoms with Crippen molar-refractivity contribution in [3.05, 3.63) is 35.6 Å². The zero-order valence-corrected chi connectivity index (χ0v) is 6.79. The lowest BCUT2D eigenvalue weighted by atomic mass is 10.2. The van der Waals surface area contributed by atoms with Gasteiger partial charge in [0.1, 0.15) is 11.3 Å². The van der Waals surface area contributed by atoms with Gasteiger partial charge in [-0.15, -0.1) is 0 Å². The van der Waals surface area contributed by atoms with Crippen molar-refractivity contribution in [3.8, 4) is 0 Å². The fourth-order valence-corrected chi connectivity index (χ4v) is 1.22. The van der Waals surface area contributed by atoms with Gasteiger partial charge in [-0.1, -0.05) is 0 Å². The molecular formula is C10H9O2. The summed E-state index contributed by atoms with van der Waals surface area (Å²) in [5.41, 5.74) is 1.62. The average molecular weight is 161 g/mol. The maximum Gasteiger partial charge on any atom is 0.135 e. The number of rotatable bonds is 1. The van der Waals surface area contributed by atoms with Crippen molar-refractivity contribution < 1.29 is 9.52 Å². The van der Waals surface area contributed by atoms with Crippen LogP contribution in [0.25, 0.3) is 11.0 Å². The molecule has 0 saturated carbocycles. The number of hydrogen-bond donors (Lipinski definition) is 1. The molecule has 0 unspecified atom stereocenters. The normalized spacial score (nSPS) is 10.8. The molecule has 1 heterocycles. The van der Waals surface area contributed by atoms with E-state index in [1.807, 2.05) is 19.1 Å². The minimum absolute atomic E-state index is 0.0339. The van der Waals surface area contributed by atoms with Crippen LogP contribution in [0.2, 0.25) is 0 Å². The molecule has 2 aromatic rings. The Morgan fingerprint density at radius 3 is 3.08 bits per heavy atom. The van der Waals surface area contributed by atoms with Gasteiger partial charge in [-0.05, 0) is 36.8 Å². The van der Waals surface area contributed by atoms with E-state index in [1.165, 1.54) is 0 Å². The second-order valence-corrected chi connectivity index (χ2v) is 2.80. The van der Waals surface area contributed by atoms with E-state index in [4.69, 9.17) is 9.52 Å². The Kier molecular flexibility index (Phi) is 1.62. The first-order valence-electron chi connectivity index (χ1n) is 3.81. The van der Waals surface area contributed by atoms with E-state index < -0.39 is 0 Å². The summed E-state index contributed by atoms with van der Waals surface area (Å²) in [6.45, 7) is 1.93. The van der Waals surface area contributed by atoms with Crippen molar-refractivity contribution in [2.75, 3.05) is 0 Å². The van der Waals surface area contributed by atoms with E-state index in [-0.39, 0.29) is 6.61 Å². The molecule has 2 heteroatoms. The van der Waals surface area contributed by atoms with Crippen LogP contribution in [-0.2, 0) is 6.61 Å². The van der Waals surface area contributed by atoms with Crippen LogP contribution in [0, 0.1) is 13.0 Å². The summed E-state index contributed by atoms with van der Waals surface area (Å²) in [6.07, 6.45) is 0. The van der Waals surface area contributed by atoms with Crippen molar-refractivity contribution >= 4 is 11.0 Å². The lowest BCUT2D eigenvalue weighted by Gasteiger charge is -1.92. The molecule has 0 spiro atoms. The first kappa shape index (κ1) is 7.37. The van der Waals surface area contributed by atoms with Crippen LogP contribution >= 0.6 is 0 Å². The Bertz CT molecular complexity index is 401. The van der Waals surface area contributed by atoms with E-state index in [2.05, 4.69) is 6.07 Å². The zero-order chi connectivity index (χ0) is 8.55. The molecule has 12 heavy (non-hydrogen) atoms. The minimum Gasteiger partial charge on any atom is -0.461 e. The molecule has 1 aromatic heterocycles. The SMILES string of the molecule is Cc1cc2[c]cc(CO)cc2o1. The standard InChI is InChI=1S/C10H9O2/c1-7-4-9-3-2-8(6-11)5-10(9)12-7/h2,4-5,11H,6H2,1H3. The average Bonchev–Trinajstić information content (AvgIpc) is 2.43. The van der Waals surface area contributed by atoms with Crippen LogP contribution in [0.4, 0.5) is 0 Å². The number of hydrogen-bond acceptors (Lipinski definition) is 2. The number of fused-ring (bicyclic) bond motifs is 1. The molecule has 0 fully saturated rings. The first-order chi connectivity index (χ1) is 5.79. The van der Waals surface area contributed by atoms with Crippen LogP contribution in [0.15, 0.2) is 22.6 Å². The predicted molar refractivity (Wildman–Crippen MR) is 45.7 cm³/mol. The van der Waals surface area contributed by atoms with Gasteiger partial charge in [0.05, 0.1) is 6.61 Å². The highest BCUT2D eigenvalue weighted by Gasteiger charge is 2.00. The summed E-state index contributed by atoms with van der Waals surface area (Å²) >= 11 is 0. The minimum atomic E-state index is 0.0339. The molecular weight excluding hydrogens is 152 g/mol. The van der Waals surface area contributed by atoms with Crippen LogP contribution in [0.1, 0.15) is 11.3 Å². The summed E-state index contributed by atoms with van der Waals surface area (Å²) in [6, 6.07) is 8.57. The summed E-state index contributed by atoms with van der Waals surface area (Å²) in [7, 11) is 0. The largest absolute Gasteiger partial charge is 0.461 e. The van der Waals surface area contributed by atoms with Crippen LogP contribution < -0.4 is 0 Å². The Balaban J connectivity index is 2.66. The molecule has 1 aromatic carbocycles. The van der Waals surface area contributed by atoms with Crippen molar-refractivity contribution in [3.63, 3.8) is 0 Å². The van der Waals surface area contributed by atoms with E-state index in [1.54, 1.807) is 6.07 Å². The van der Waals surface area contributed by atoms with Gasteiger partial charge in [0, 0.05) is 5.39 Å². The lowest BCUT2D eigenvalue weighted by Crippen LogP contribution is -1.80. The van der Waals surface area contributed by atoms with Gasteiger partial charge < -0.3 is 9.52 Å². The molecule has 2 nitrogen and oxygen atoms in total. The third-order valence-corrected chi connectivity index (χ3v) is 1.80. The van der Waals surface area contributed by atoms with E-state index in [0.29, 0.717) is 0 Å². The first-order valence-corrected chi connectivity index (χ1v) is 3.81. The van der Waals surface area contributed by atoms with Crippen molar-refractivity contribution in [2.24, 2.45) is 0 Å². The zero-order valence-electron chi connectivity index (χ0n) is 6.79. The van der Waals surface area contributed by atoms with Gasteiger partial charge in [-0.25, -0.2) is 0 Å². The van der Waals surface area contributed by atoms with E-state index in [0.717, 1.165) is 22.3 Å². The van der Waals surface area contributed by atoms with Crippen molar-refractivity contribution in [2.45, 2.75) is 13.5 Å². The Morgan fingerprint density at radius 2 is 2.33 bits per heavy atom. The second-order valence-electron chi connectivity index (χ2n) is 2.80. The fourth-order valence-electron chi connectivity index (χ4n) is 1.22. The maximum atomic E-state index is 8.84. The summed E-state index contributed by atoms with van der Waals surface area (Å²) in [5, 5.41) is 9.80. The number of aliphatic hydroxyl groups excluding tert-OH is 1. The molecule has 0 amide bonds. The Hall–Kier alpha value is -1.28. The monoisotopic (exact) mass is 161 g/mol. The number of aryl methyl sites for hydroxylation is 1. The number of furan rings is 1. The smallest absolute Gasteiger partial charge is 0.135 e. The Labute approximate surface area is 70.4 Å². The molecule has 0 aliphatic carbocycles. The molecule has 0 bridgehead atoms. The van der Waals surface area contributed by atoms with Gasteiger partial charge >= 0.3 is 0 Å². The van der Waals surface area contributed by atoms with E-state index >= 15 is 0 Å². The van der Waals surface area contributed by atoms with Crippen molar-refractivity contribution in [1.29, 1.82) is 0 Å². The van der Waals surface area contributed by atoms with Gasteiger partial charge in [0.15, 0.2) is 0 Å². The molecule has 0 saturated heterocycles. The molecule has 0 atom stereocenters. The maximum absolute atomic E-state index is 8.84. The van der Waals surface area contributed by atoms with Gasteiger partial charge in [0.2, 0.25) is 0 Å². The highest BCUT2D eigenvalue weighted by Crippen LogP contribution is 2.19. The highest BCUT2D eigenvalue weighted by atomic mass is 16.3. The van der Waals surface area contributed by atoms with Gasteiger partial charge in [-0.2, -0.15) is 0 Å². The van der Waals surface area contributed by atoms with Crippen LogP contribution in [0.5, 0.6) is 0 Å². The van der Waals surface area contributed by atoms with Crippen molar-refractivity contribution in [1.82, 2.24) is 0 Å². The van der Waals surface area contributed by atoms with Gasteiger partial charge in [0.25, 0.3) is 0 Å². The van der Waals surface area contributed by atoms with Crippen LogP contribution in [-0.4, -0.2) is 5.11 Å². The summed E-state index contributed by atoms with van der Waals surface area (Å²) in [4.78, 5) is 0. The lowest BCUT2D eigenvalue weighted by molar-refractivity contribution is 0.282. The Morgan fingerprint density at radius 1 is 1.50 bits per heavy atom. The molecule has 1 N–H and O–H groups in total. The molecule has 0 aliphatic rings. The quantitative estimate of drug-likeness (QED) is 0.694. The third kappa shape index (κ3) is 1.10. The third-order valence-electron chi connectivity index (χ3n) is 1.80. The topological polar surface area (TPSA) is 33.4 Å². The molecule has 61 valence electrons. The van der Waals surface area contributed by atoms with Gasteiger partial charge in [-0.3, -0.25) is 0 Å².